The van der Waals surface area contributed by atoms with Gasteiger partial charge in [0.15, 0.2) is 0 Å². The zero-order valence-electron chi connectivity index (χ0n) is 9.22. The number of aliphatic carboxylic acids is 1. The zero-order valence-corrected chi connectivity index (χ0v) is 9.22. The molecule has 0 fully saturated rings. The molecule has 0 amide bonds. The molecule has 3 N–H and O–H groups in total. The SMILES string of the molecule is CCCOc1ncccc1CC(N)C(=O)O. The van der Waals surface area contributed by atoms with E-state index in [0.29, 0.717) is 12.5 Å². The Morgan fingerprint density at radius 3 is 3.06 bits per heavy atom. The van der Waals surface area contributed by atoms with Crippen molar-refractivity contribution in [2.75, 3.05) is 6.61 Å². The van der Waals surface area contributed by atoms with Gasteiger partial charge in [-0.3, -0.25) is 4.79 Å². The lowest BCUT2D eigenvalue weighted by Crippen LogP contribution is -2.32. The minimum absolute atomic E-state index is 0.224. The van der Waals surface area contributed by atoms with E-state index in [9.17, 15) is 4.79 Å². The van der Waals surface area contributed by atoms with E-state index in [1.165, 1.54) is 0 Å². The van der Waals surface area contributed by atoms with Crippen molar-refractivity contribution in [3.63, 3.8) is 0 Å². The summed E-state index contributed by atoms with van der Waals surface area (Å²) in [5.41, 5.74) is 6.19. The van der Waals surface area contributed by atoms with Gasteiger partial charge in [-0.1, -0.05) is 13.0 Å². The highest BCUT2D eigenvalue weighted by Gasteiger charge is 2.15. The maximum absolute atomic E-state index is 10.6. The molecule has 88 valence electrons. The Kier molecular flexibility index (Phi) is 4.72. The largest absolute Gasteiger partial charge is 0.480 e. The van der Waals surface area contributed by atoms with Crippen LogP contribution in [0.5, 0.6) is 5.88 Å². The Morgan fingerprint density at radius 1 is 1.69 bits per heavy atom. The van der Waals surface area contributed by atoms with Crippen molar-refractivity contribution in [2.45, 2.75) is 25.8 Å². The van der Waals surface area contributed by atoms with E-state index in [2.05, 4.69) is 4.98 Å². The van der Waals surface area contributed by atoms with Crippen LogP contribution in [0.2, 0.25) is 0 Å². The molecule has 1 unspecified atom stereocenters. The molecule has 5 heteroatoms. The van der Waals surface area contributed by atoms with Crippen LogP contribution in [0.15, 0.2) is 18.3 Å². The van der Waals surface area contributed by atoms with E-state index in [1.54, 1.807) is 18.3 Å². The first-order valence-electron chi connectivity index (χ1n) is 5.20. The van der Waals surface area contributed by atoms with Crippen LogP contribution >= 0.6 is 0 Å². The third-order valence-corrected chi connectivity index (χ3v) is 2.05. The van der Waals surface area contributed by atoms with Gasteiger partial charge in [0.25, 0.3) is 0 Å². The van der Waals surface area contributed by atoms with Gasteiger partial charge in [-0.05, 0) is 12.5 Å². The van der Waals surface area contributed by atoms with Crippen LogP contribution in [0.25, 0.3) is 0 Å². The fourth-order valence-corrected chi connectivity index (χ4v) is 1.23. The van der Waals surface area contributed by atoms with E-state index < -0.39 is 12.0 Å². The topological polar surface area (TPSA) is 85.4 Å². The van der Waals surface area contributed by atoms with Gasteiger partial charge in [-0.25, -0.2) is 4.98 Å². The molecule has 0 aliphatic heterocycles. The first kappa shape index (κ1) is 12.4. The van der Waals surface area contributed by atoms with Crippen LogP contribution < -0.4 is 10.5 Å². The molecular weight excluding hydrogens is 208 g/mol. The predicted molar refractivity (Wildman–Crippen MR) is 59.3 cm³/mol. The Balaban J connectivity index is 2.74. The average Bonchev–Trinajstić information content (AvgIpc) is 2.27. The van der Waals surface area contributed by atoms with Crippen molar-refractivity contribution < 1.29 is 14.6 Å². The standard InChI is InChI=1S/C11H16N2O3/c1-2-6-16-10-8(4-3-5-13-10)7-9(12)11(14)15/h3-5,9H,2,6-7,12H2,1H3,(H,14,15). The minimum Gasteiger partial charge on any atom is -0.480 e. The van der Waals surface area contributed by atoms with Gasteiger partial charge in [-0.2, -0.15) is 0 Å². The maximum Gasteiger partial charge on any atom is 0.320 e. The number of carboxylic acid groups (broad SMARTS) is 1. The summed E-state index contributed by atoms with van der Waals surface area (Å²) >= 11 is 0. The van der Waals surface area contributed by atoms with Gasteiger partial charge >= 0.3 is 5.97 Å². The van der Waals surface area contributed by atoms with Crippen molar-refractivity contribution in [3.8, 4) is 5.88 Å². The molecule has 1 atom stereocenters. The molecule has 1 aromatic heterocycles. The van der Waals surface area contributed by atoms with Crippen LogP contribution in [-0.4, -0.2) is 28.7 Å². The van der Waals surface area contributed by atoms with Crippen LogP contribution in [0.1, 0.15) is 18.9 Å². The van der Waals surface area contributed by atoms with Gasteiger partial charge in [0.2, 0.25) is 5.88 Å². The number of pyridine rings is 1. The van der Waals surface area contributed by atoms with E-state index >= 15 is 0 Å². The summed E-state index contributed by atoms with van der Waals surface area (Å²) in [5.74, 6) is -0.550. The summed E-state index contributed by atoms with van der Waals surface area (Å²) in [6, 6.07) is 2.59. The van der Waals surface area contributed by atoms with Crippen LogP contribution in [-0.2, 0) is 11.2 Å². The Labute approximate surface area is 94.2 Å². The van der Waals surface area contributed by atoms with Crippen LogP contribution in [0.4, 0.5) is 0 Å². The van der Waals surface area contributed by atoms with Gasteiger partial charge < -0.3 is 15.6 Å². The van der Waals surface area contributed by atoms with E-state index in [4.69, 9.17) is 15.6 Å². The third-order valence-electron chi connectivity index (χ3n) is 2.05. The molecule has 0 saturated carbocycles. The third kappa shape index (κ3) is 3.51. The fourth-order valence-electron chi connectivity index (χ4n) is 1.23. The molecular formula is C11H16N2O3. The number of carboxylic acids is 1. The second-order valence-corrected chi connectivity index (χ2v) is 3.46. The lowest BCUT2D eigenvalue weighted by atomic mass is 10.1. The summed E-state index contributed by atoms with van der Waals surface area (Å²) in [6.45, 7) is 2.55. The van der Waals surface area contributed by atoms with E-state index in [1.807, 2.05) is 6.92 Å². The summed E-state index contributed by atoms with van der Waals surface area (Å²) in [7, 11) is 0. The number of carbonyl (C=O) groups is 1. The molecule has 1 heterocycles. The zero-order chi connectivity index (χ0) is 12.0. The quantitative estimate of drug-likeness (QED) is 0.747. The van der Waals surface area contributed by atoms with Crippen molar-refractivity contribution in [3.05, 3.63) is 23.9 Å². The molecule has 0 saturated heterocycles. The average molecular weight is 224 g/mol. The predicted octanol–water partition coefficient (Wildman–Crippen LogP) is 0.825. The fraction of sp³-hybridized carbons (Fsp3) is 0.455. The Bertz CT molecular complexity index is 355. The Hall–Kier alpha value is -1.62. The van der Waals surface area contributed by atoms with E-state index in [-0.39, 0.29) is 6.42 Å². The van der Waals surface area contributed by atoms with Crippen molar-refractivity contribution in [2.24, 2.45) is 5.73 Å². The minimum atomic E-state index is -1.02. The summed E-state index contributed by atoms with van der Waals surface area (Å²) in [5, 5.41) is 8.72. The smallest absolute Gasteiger partial charge is 0.320 e. The van der Waals surface area contributed by atoms with Gasteiger partial charge in [0, 0.05) is 18.2 Å². The normalized spacial score (nSPS) is 12.1. The lowest BCUT2D eigenvalue weighted by molar-refractivity contribution is -0.138. The lowest BCUT2D eigenvalue weighted by Gasteiger charge is -2.11. The number of aromatic nitrogens is 1. The highest BCUT2D eigenvalue weighted by atomic mass is 16.5. The molecule has 1 aromatic rings. The first-order valence-corrected chi connectivity index (χ1v) is 5.20. The van der Waals surface area contributed by atoms with Gasteiger partial charge in [0.1, 0.15) is 6.04 Å². The van der Waals surface area contributed by atoms with Gasteiger partial charge in [-0.15, -0.1) is 0 Å². The second-order valence-electron chi connectivity index (χ2n) is 3.46. The number of ether oxygens (including phenoxy) is 1. The molecule has 0 aromatic carbocycles. The molecule has 16 heavy (non-hydrogen) atoms. The first-order chi connectivity index (χ1) is 7.65. The molecule has 0 radical (unpaired) electrons. The van der Waals surface area contributed by atoms with Crippen LogP contribution in [0, 0.1) is 0 Å². The number of rotatable bonds is 6. The summed E-state index contributed by atoms with van der Waals surface area (Å²) in [6.07, 6.45) is 2.71. The molecule has 0 bridgehead atoms. The highest BCUT2D eigenvalue weighted by Crippen LogP contribution is 2.16. The van der Waals surface area contributed by atoms with Crippen molar-refractivity contribution in [1.29, 1.82) is 0 Å². The van der Waals surface area contributed by atoms with Crippen molar-refractivity contribution in [1.82, 2.24) is 4.98 Å². The number of hydrogen-bond donors (Lipinski definition) is 2. The number of hydrogen-bond acceptors (Lipinski definition) is 4. The molecule has 0 spiro atoms. The number of nitrogens with zero attached hydrogens (tertiary/aromatic N) is 1. The Morgan fingerprint density at radius 2 is 2.44 bits per heavy atom. The van der Waals surface area contributed by atoms with Crippen LogP contribution in [0.3, 0.4) is 0 Å². The second kappa shape index (κ2) is 6.07. The molecule has 0 aliphatic rings. The van der Waals surface area contributed by atoms with E-state index in [0.717, 1.165) is 12.0 Å². The summed E-state index contributed by atoms with van der Waals surface area (Å²) < 4.78 is 5.41. The maximum atomic E-state index is 10.6. The monoisotopic (exact) mass is 224 g/mol. The molecule has 5 nitrogen and oxygen atoms in total. The van der Waals surface area contributed by atoms with Crippen molar-refractivity contribution >= 4 is 5.97 Å². The molecule has 1 rings (SSSR count). The molecule has 0 aliphatic carbocycles. The highest BCUT2D eigenvalue weighted by molar-refractivity contribution is 5.73. The van der Waals surface area contributed by atoms with Gasteiger partial charge in [0.05, 0.1) is 6.61 Å². The number of nitrogens with two attached hydrogens (primary N) is 1. The summed E-state index contributed by atoms with van der Waals surface area (Å²) in [4.78, 5) is 14.7.